The highest BCUT2D eigenvalue weighted by Crippen LogP contribution is 2.36. The molecule has 0 spiro atoms. The Hall–Kier alpha value is -2.54. The monoisotopic (exact) mass is 536 g/mol. The third-order valence-electron chi connectivity index (χ3n) is 5.82. The van der Waals surface area contributed by atoms with Crippen molar-refractivity contribution in [3.8, 4) is 5.75 Å². The lowest BCUT2D eigenvalue weighted by molar-refractivity contribution is -0.132. The van der Waals surface area contributed by atoms with Crippen molar-refractivity contribution in [3.05, 3.63) is 68.2 Å². The zero-order chi connectivity index (χ0) is 26.8. The largest absolute Gasteiger partial charge is 0.496 e. The number of hydrogen-bond donors (Lipinski definition) is 1. The lowest BCUT2D eigenvalue weighted by Crippen LogP contribution is -2.12. The minimum absolute atomic E-state index is 0.0638. The summed E-state index contributed by atoms with van der Waals surface area (Å²) in [5.74, 6) is -1.10. The lowest BCUT2D eigenvalue weighted by atomic mass is 10.0. The van der Waals surface area contributed by atoms with E-state index in [9.17, 15) is 9.59 Å². The molecule has 0 aliphatic heterocycles. The van der Waals surface area contributed by atoms with Crippen molar-refractivity contribution >= 4 is 41.2 Å². The fourth-order valence-electron chi connectivity index (χ4n) is 3.74. The summed E-state index contributed by atoms with van der Waals surface area (Å²) in [6, 6.07) is 8.49. The second kappa shape index (κ2) is 14.3. The molecule has 6 nitrogen and oxygen atoms in total. The Bertz CT molecular complexity index is 1070. The zero-order valence-electron chi connectivity index (χ0n) is 21.4. The van der Waals surface area contributed by atoms with Crippen LogP contribution in [0.5, 0.6) is 5.75 Å². The summed E-state index contributed by atoms with van der Waals surface area (Å²) in [4.78, 5) is 24.0. The van der Waals surface area contributed by atoms with Crippen LogP contribution in [-0.2, 0) is 14.3 Å². The quantitative estimate of drug-likeness (QED) is 0.158. The SMILES string of the molecule is CCCCCCOC(C)c1cccc(C(C)OC(=O)c2cc(Cl)c(/C=C(\C)C(=O)O)c(Cl)c2)c1OC. The molecule has 0 fully saturated rings. The average Bonchev–Trinajstić information content (AvgIpc) is 2.84. The van der Waals surface area contributed by atoms with Crippen molar-refractivity contribution in [1.82, 2.24) is 0 Å². The van der Waals surface area contributed by atoms with E-state index in [1.807, 2.05) is 25.1 Å². The van der Waals surface area contributed by atoms with Crippen LogP contribution in [0.2, 0.25) is 10.0 Å². The molecule has 2 aromatic carbocycles. The average molecular weight is 537 g/mol. The normalized spacial score (nSPS) is 13.2. The van der Waals surface area contributed by atoms with E-state index in [4.69, 9.17) is 42.5 Å². The van der Waals surface area contributed by atoms with Crippen LogP contribution in [0.3, 0.4) is 0 Å². The van der Waals surface area contributed by atoms with E-state index in [1.54, 1.807) is 14.0 Å². The van der Waals surface area contributed by atoms with Crippen LogP contribution < -0.4 is 4.74 Å². The maximum Gasteiger partial charge on any atom is 0.338 e. The zero-order valence-corrected chi connectivity index (χ0v) is 22.9. The number of carbonyl (C=O) groups excluding carboxylic acids is 1. The second-order valence-electron chi connectivity index (χ2n) is 8.58. The lowest BCUT2D eigenvalue weighted by Gasteiger charge is -2.22. The molecule has 196 valence electrons. The molecular weight excluding hydrogens is 503 g/mol. The number of carbonyl (C=O) groups is 2. The third kappa shape index (κ3) is 7.99. The highest BCUT2D eigenvalue weighted by atomic mass is 35.5. The number of unbranched alkanes of at least 4 members (excludes halogenated alkanes) is 3. The van der Waals surface area contributed by atoms with E-state index in [1.165, 1.54) is 38.0 Å². The van der Waals surface area contributed by atoms with E-state index in [2.05, 4.69) is 6.92 Å². The van der Waals surface area contributed by atoms with E-state index < -0.39 is 18.0 Å². The van der Waals surface area contributed by atoms with Crippen LogP contribution in [-0.4, -0.2) is 30.8 Å². The van der Waals surface area contributed by atoms with Gasteiger partial charge in [-0.1, -0.05) is 67.6 Å². The highest BCUT2D eigenvalue weighted by molar-refractivity contribution is 6.37. The molecule has 0 heterocycles. The van der Waals surface area contributed by atoms with Crippen molar-refractivity contribution in [2.24, 2.45) is 0 Å². The molecule has 0 saturated carbocycles. The Morgan fingerprint density at radius 2 is 1.64 bits per heavy atom. The van der Waals surface area contributed by atoms with Crippen LogP contribution >= 0.6 is 23.2 Å². The molecule has 0 aromatic heterocycles. The molecule has 0 saturated heterocycles. The van der Waals surface area contributed by atoms with E-state index in [-0.39, 0.29) is 27.3 Å². The second-order valence-corrected chi connectivity index (χ2v) is 9.39. The van der Waals surface area contributed by atoms with Gasteiger partial charge in [0.25, 0.3) is 0 Å². The van der Waals surface area contributed by atoms with Crippen molar-refractivity contribution in [1.29, 1.82) is 0 Å². The Labute approximate surface area is 223 Å². The highest BCUT2D eigenvalue weighted by Gasteiger charge is 2.23. The Kier molecular flexibility index (Phi) is 11.8. The van der Waals surface area contributed by atoms with Crippen molar-refractivity contribution in [2.75, 3.05) is 13.7 Å². The van der Waals surface area contributed by atoms with Gasteiger partial charge in [-0.3, -0.25) is 0 Å². The molecule has 0 amide bonds. The molecule has 2 atom stereocenters. The number of rotatable bonds is 13. The van der Waals surface area contributed by atoms with Crippen LogP contribution in [0.4, 0.5) is 0 Å². The summed E-state index contributed by atoms with van der Waals surface area (Å²) in [5.41, 5.74) is 2.12. The number of carboxylic acids is 1. The number of ether oxygens (including phenoxy) is 3. The minimum Gasteiger partial charge on any atom is -0.496 e. The molecule has 2 unspecified atom stereocenters. The van der Waals surface area contributed by atoms with Crippen LogP contribution in [0.1, 0.15) is 92.6 Å². The molecule has 8 heteroatoms. The van der Waals surface area contributed by atoms with Gasteiger partial charge in [0.05, 0.1) is 28.8 Å². The topological polar surface area (TPSA) is 82.1 Å². The molecule has 0 aliphatic carbocycles. The fraction of sp³-hybridized carbons (Fsp3) is 0.429. The first-order valence-corrected chi connectivity index (χ1v) is 12.8. The molecule has 36 heavy (non-hydrogen) atoms. The van der Waals surface area contributed by atoms with Crippen molar-refractivity contribution in [3.63, 3.8) is 0 Å². The first kappa shape index (κ1) is 29.7. The summed E-state index contributed by atoms with van der Waals surface area (Å²) in [6.45, 7) is 8.00. The number of para-hydroxylation sites is 1. The number of benzene rings is 2. The smallest absolute Gasteiger partial charge is 0.338 e. The maximum atomic E-state index is 12.9. The van der Waals surface area contributed by atoms with Gasteiger partial charge in [-0.25, -0.2) is 9.59 Å². The predicted octanol–water partition coefficient (Wildman–Crippen LogP) is 8.07. The van der Waals surface area contributed by atoms with Gasteiger partial charge in [0.2, 0.25) is 0 Å². The van der Waals surface area contributed by atoms with Gasteiger partial charge in [0, 0.05) is 28.9 Å². The number of halogens is 2. The Morgan fingerprint density at radius 1 is 1.03 bits per heavy atom. The van der Waals surface area contributed by atoms with E-state index in [0.717, 1.165) is 18.4 Å². The third-order valence-corrected chi connectivity index (χ3v) is 6.44. The van der Waals surface area contributed by atoms with Gasteiger partial charge in [-0.05, 0) is 45.4 Å². The summed E-state index contributed by atoms with van der Waals surface area (Å²) in [7, 11) is 1.58. The van der Waals surface area contributed by atoms with E-state index >= 15 is 0 Å². The number of esters is 1. The Morgan fingerprint density at radius 3 is 2.19 bits per heavy atom. The summed E-state index contributed by atoms with van der Waals surface area (Å²) >= 11 is 12.6. The van der Waals surface area contributed by atoms with Gasteiger partial charge >= 0.3 is 11.9 Å². The van der Waals surface area contributed by atoms with Gasteiger partial charge < -0.3 is 19.3 Å². The molecule has 2 rings (SSSR count). The van der Waals surface area contributed by atoms with Gasteiger partial charge in [-0.15, -0.1) is 0 Å². The number of carboxylic acid groups (broad SMARTS) is 1. The molecular formula is C28H34Cl2O6. The van der Waals surface area contributed by atoms with Crippen LogP contribution in [0.15, 0.2) is 35.9 Å². The van der Waals surface area contributed by atoms with Gasteiger partial charge in [0.15, 0.2) is 0 Å². The molecule has 0 bridgehead atoms. The van der Waals surface area contributed by atoms with Gasteiger partial charge in [0.1, 0.15) is 11.9 Å². The molecule has 0 radical (unpaired) electrons. The number of aliphatic carboxylic acids is 1. The van der Waals surface area contributed by atoms with Crippen molar-refractivity contribution in [2.45, 2.75) is 65.6 Å². The molecule has 1 N–H and O–H groups in total. The van der Waals surface area contributed by atoms with Crippen molar-refractivity contribution < 1.29 is 28.9 Å². The van der Waals surface area contributed by atoms with Gasteiger partial charge in [-0.2, -0.15) is 0 Å². The summed E-state index contributed by atoms with van der Waals surface area (Å²) in [5, 5.41) is 9.39. The maximum absolute atomic E-state index is 12.9. The fourth-order valence-corrected chi connectivity index (χ4v) is 4.33. The standard InChI is InChI=1S/C28H34Cl2O6/c1-6-7-8-9-13-35-18(3)21-11-10-12-22(26(21)34-5)19(4)36-28(33)20-15-24(29)23(25(30)16-20)14-17(2)27(31)32/h10-12,14-16,18-19H,6-9,13H2,1-5H3,(H,31,32)/b17-14+. The minimum atomic E-state index is -1.09. The van der Waals surface area contributed by atoms with Crippen LogP contribution in [0.25, 0.3) is 6.08 Å². The first-order chi connectivity index (χ1) is 17.1. The molecule has 2 aromatic rings. The van der Waals surface area contributed by atoms with E-state index in [0.29, 0.717) is 23.5 Å². The number of methoxy groups -OCH3 is 1. The summed E-state index contributed by atoms with van der Waals surface area (Å²) < 4.78 is 17.4. The molecule has 0 aliphatic rings. The predicted molar refractivity (Wildman–Crippen MR) is 143 cm³/mol. The summed E-state index contributed by atoms with van der Waals surface area (Å²) in [6.07, 6.45) is 5.05. The first-order valence-electron chi connectivity index (χ1n) is 12.0. The Balaban J connectivity index is 2.20. The number of hydrogen-bond acceptors (Lipinski definition) is 5. The van der Waals surface area contributed by atoms with Crippen LogP contribution in [0, 0.1) is 0 Å².